The maximum absolute atomic E-state index is 4.16. The highest BCUT2D eigenvalue weighted by Gasteiger charge is 2.10. The SMILES string of the molecule is CCCN(CCC)Cc1nnsc1NC. The molecule has 86 valence electrons. The monoisotopic (exact) mass is 228 g/mol. The summed E-state index contributed by atoms with van der Waals surface area (Å²) in [6, 6.07) is 0. The molecule has 5 heteroatoms. The van der Waals surface area contributed by atoms with Crippen molar-refractivity contribution in [3.05, 3.63) is 5.69 Å². The van der Waals surface area contributed by atoms with E-state index >= 15 is 0 Å². The number of anilines is 1. The van der Waals surface area contributed by atoms with E-state index in [2.05, 4.69) is 33.7 Å². The van der Waals surface area contributed by atoms with Crippen LogP contribution in [0.1, 0.15) is 32.4 Å². The van der Waals surface area contributed by atoms with Crippen LogP contribution in [0.5, 0.6) is 0 Å². The van der Waals surface area contributed by atoms with Crippen molar-refractivity contribution < 1.29 is 0 Å². The Morgan fingerprint density at radius 1 is 1.27 bits per heavy atom. The van der Waals surface area contributed by atoms with Crippen molar-refractivity contribution in [1.29, 1.82) is 0 Å². The predicted octanol–water partition coefficient (Wildman–Crippen LogP) is 2.20. The van der Waals surface area contributed by atoms with Crippen LogP contribution in [0.4, 0.5) is 5.00 Å². The van der Waals surface area contributed by atoms with Crippen LogP contribution in [0.25, 0.3) is 0 Å². The van der Waals surface area contributed by atoms with Gasteiger partial charge in [-0.1, -0.05) is 18.3 Å². The van der Waals surface area contributed by atoms with E-state index in [4.69, 9.17) is 0 Å². The van der Waals surface area contributed by atoms with Gasteiger partial charge in [-0.25, -0.2) is 0 Å². The summed E-state index contributed by atoms with van der Waals surface area (Å²) in [7, 11) is 1.92. The first-order chi connectivity index (χ1) is 7.31. The van der Waals surface area contributed by atoms with Crippen molar-refractivity contribution in [2.24, 2.45) is 0 Å². The molecule has 0 spiro atoms. The molecular formula is C10H20N4S. The molecular weight excluding hydrogens is 208 g/mol. The Morgan fingerprint density at radius 2 is 1.93 bits per heavy atom. The Kier molecular flexibility index (Phi) is 5.57. The lowest BCUT2D eigenvalue weighted by molar-refractivity contribution is 0.264. The minimum atomic E-state index is 0.911. The molecule has 0 aliphatic rings. The Hall–Kier alpha value is -0.680. The standard InChI is InChI=1S/C10H20N4S/c1-4-6-14(7-5-2)8-9-10(11-3)15-13-12-9/h11H,4-8H2,1-3H3. The Labute approximate surface area is 95.8 Å². The van der Waals surface area contributed by atoms with E-state index in [9.17, 15) is 0 Å². The molecule has 15 heavy (non-hydrogen) atoms. The number of hydrogen-bond acceptors (Lipinski definition) is 5. The molecule has 0 aliphatic carbocycles. The van der Waals surface area contributed by atoms with Crippen LogP contribution in [0.15, 0.2) is 0 Å². The molecule has 0 aliphatic heterocycles. The van der Waals surface area contributed by atoms with Crippen LogP contribution in [0, 0.1) is 0 Å². The van der Waals surface area contributed by atoms with Gasteiger partial charge in [0.2, 0.25) is 0 Å². The fourth-order valence-electron chi connectivity index (χ4n) is 1.62. The summed E-state index contributed by atoms with van der Waals surface area (Å²) in [5.74, 6) is 0. The summed E-state index contributed by atoms with van der Waals surface area (Å²) in [6.07, 6.45) is 2.37. The van der Waals surface area contributed by atoms with Crippen molar-refractivity contribution in [3.63, 3.8) is 0 Å². The van der Waals surface area contributed by atoms with Crippen LogP contribution in [0.2, 0.25) is 0 Å². The van der Waals surface area contributed by atoms with E-state index in [-0.39, 0.29) is 0 Å². The summed E-state index contributed by atoms with van der Waals surface area (Å²) in [5, 5.41) is 8.38. The molecule has 0 saturated carbocycles. The Morgan fingerprint density at radius 3 is 2.47 bits per heavy atom. The third kappa shape index (κ3) is 3.76. The first-order valence-electron chi connectivity index (χ1n) is 5.53. The van der Waals surface area contributed by atoms with Crippen molar-refractivity contribution in [2.75, 3.05) is 25.5 Å². The van der Waals surface area contributed by atoms with Crippen molar-refractivity contribution >= 4 is 16.5 Å². The van der Waals surface area contributed by atoms with E-state index in [1.807, 2.05) is 7.05 Å². The van der Waals surface area contributed by atoms with Gasteiger partial charge in [-0.2, -0.15) is 0 Å². The molecule has 0 fully saturated rings. The molecule has 0 saturated heterocycles. The first kappa shape index (κ1) is 12.4. The number of nitrogens with zero attached hydrogens (tertiary/aromatic N) is 3. The molecule has 0 bridgehead atoms. The molecule has 0 atom stereocenters. The average Bonchev–Trinajstić information content (AvgIpc) is 2.66. The quantitative estimate of drug-likeness (QED) is 0.777. The summed E-state index contributed by atoms with van der Waals surface area (Å²) in [4.78, 5) is 2.43. The van der Waals surface area contributed by atoms with Gasteiger partial charge in [0.05, 0.1) is 0 Å². The van der Waals surface area contributed by atoms with Gasteiger partial charge in [-0.3, -0.25) is 4.90 Å². The average molecular weight is 228 g/mol. The van der Waals surface area contributed by atoms with E-state index in [0.29, 0.717) is 0 Å². The van der Waals surface area contributed by atoms with Crippen LogP contribution < -0.4 is 5.32 Å². The second-order valence-electron chi connectivity index (χ2n) is 3.57. The second-order valence-corrected chi connectivity index (χ2v) is 4.33. The minimum Gasteiger partial charge on any atom is -0.377 e. The second kappa shape index (κ2) is 6.74. The van der Waals surface area contributed by atoms with Gasteiger partial charge in [0.1, 0.15) is 10.7 Å². The lowest BCUT2D eigenvalue weighted by atomic mass is 10.3. The maximum Gasteiger partial charge on any atom is 0.134 e. The molecule has 0 unspecified atom stereocenters. The summed E-state index contributed by atoms with van der Waals surface area (Å²) in [6.45, 7) is 7.60. The number of hydrogen-bond donors (Lipinski definition) is 1. The molecule has 1 rings (SSSR count). The molecule has 4 nitrogen and oxygen atoms in total. The van der Waals surface area contributed by atoms with Crippen molar-refractivity contribution in [1.82, 2.24) is 14.5 Å². The van der Waals surface area contributed by atoms with E-state index in [0.717, 1.165) is 30.3 Å². The number of aromatic nitrogens is 2. The van der Waals surface area contributed by atoms with Gasteiger partial charge >= 0.3 is 0 Å². The highest BCUT2D eigenvalue weighted by molar-refractivity contribution is 7.10. The molecule has 0 radical (unpaired) electrons. The summed E-state index contributed by atoms with van der Waals surface area (Å²) >= 11 is 1.43. The van der Waals surface area contributed by atoms with Crippen LogP contribution in [-0.4, -0.2) is 34.6 Å². The predicted molar refractivity (Wildman–Crippen MR) is 65.3 cm³/mol. The maximum atomic E-state index is 4.16. The molecule has 0 aromatic carbocycles. The largest absolute Gasteiger partial charge is 0.377 e. The minimum absolute atomic E-state index is 0.911. The normalized spacial score (nSPS) is 10.9. The van der Waals surface area contributed by atoms with Gasteiger partial charge in [0.15, 0.2) is 0 Å². The van der Waals surface area contributed by atoms with Crippen molar-refractivity contribution in [3.8, 4) is 0 Å². The van der Waals surface area contributed by atoms with E-state index in [1.165, 1.54) is 24.4 Å². The number of nitrogens with one attached hydrogen (secondary N) is 1. The zero-order valence-corrected chi connectivity index (χ0v) is 10.6. The van der Waals surface area contributed by atoms with E-state index in [1.54, 1.807) is 0 Å². The smallest absolute Gasteiger partial charge is 0.134 e. The highest BCUT2D eigenvalue weighted by atomic mass is 32.1. The van der Waals surface area contributed by atoms with Gasteiger partial charge in [-0.15, -0.1) is 5.10 Å². The first-order valence-corrected chi connectivity index (χ1v) is 6.30. The van der Waals surface area contributed by atoms with Crippen molar-refractivity contribution in [2.45, 2.75) is 33.2 Å². The molecule has 1 heterocycles. The highest BCUT2D eigenvalue weighted by Crippen LogP contribution is 2.18. The van der Waals surface area contributed by atoms with Gasteiger partial charge in [-0.05, 0) is 25.9 Å². The molecule has 0 amide bonds. The third-order valence-corrected chi connectivity index (χ3v) is 3.02. The third-order valence-electron chi connectivity index (χ3n) is 2.24. The molecule has 1 aromatic rings. The summed E-state index contributed by atoms with van der Waals surface area (Å²) < 4.78 is 3.97. The lowest BCUT2D eigenvalue weighted by Crippen LogP contribution is -2.25. The fraction of sp³-hybridized carbons (Fsp3) is 0.800. The molecule has 1 N–H and O–H groups in total. The van der Waals surface area contributed by atoms with Crippen LogP contribution >= 0.6 is 11.5 Å². The Balaban J connectivity index is 2.56. The zero-order valence-electron chi connectivity index (χ0n) is 9.79. The van der Waals surface area contributed by atoms with Gasteiger partial charge in [0.25, 0.3) is 0 Å². The number of rotatable bonds is 7. The van der Waals surface area contributed by atoms with Crippen LogP contribution in [0.3, 0.4) is 0 Å². The zero-order chi connectivity index (χ0) is 11.1. The fourth-order valence-corrected chi connectivity index (χ4v) is 2.14. The van der Waals surface area contributed by atoms with Gasteiger partial charge < -0.3 is 5.32 Å². The van der Waals surface area contributed by atoms with Crippen LogP contribution in [-0.2, 0) is 6.54 Å². The van der Waals surface area contributed by atoms with E-state index < -0.39 is 0 Å². The molecule has 1 aromatic heterocycles. The topological polar surface area (TPSA) is 41.1 Å². The Bertz CT molecular complexity index is 268. The summed E-state index contributed by atoms with van der Waals surface area (Å²) in [5.41, 5.74) is 1.07. The van der Waals surface area contributed by atoms with Gasteiger partial charge in [0, 0.05) is 25.1 Å². The lowest BCUT2D eigenvalue weighted by Gasteiger charge is -2.19.